The summed E-state index contributed by atoms with van der Waals surface area (Å²) in [5.74, 6) is 1.70. The number of ether oxygens (including phenoxy) is 2. The Hall–Kier alpha value is -2.82. The molecule has 0 aromatic heterocycles. The molecule has 0 spiro atoms. The van der Waals surface area contributed by atoms with Crippen LogP contribution in [0.2, 0.25) is 0 Å². The number of hydrogen-bond acceptors (Lipinski definition) is 4. The van der Waals surface area contributed by atoms with Gasteiger partial charge in [-0.05, 0) is 42.9 Å². The lowest BCUT2D eigenvalue weighted by molar-refractivity contribution is -0.124. The number of carbonyl (C=O) groups excluding carboxylic acids is 2. The molecule has 2 aliphatic carbocycles. The van der Waals surface area contributed by atoms with E-state index in [1.165, 1.54) is 0 Å². The summed E-state index contributed by atoms with van der Waals surface area (Å²) >= 11 is 0. The Balaban J connectivity index is 0.00000149. The average molecular weight is 452 g/mol. The van der Waals surface area contributed by atoms with Crippen LogP contribution in [-0.2, 0) is 11.2 Å². The van der Waals surface area contributed by atoms with Crippen molar-refractivity contribution < 1.29 is 19.1 Å². The molecule has 0 atom stereocenters. The zero-order valence-corrected chi connectivity index (χ0v) is 20.8. The van der Waals surface area contributed by atoms with Crippen molar-refractivity contribution in [3.05, 3.63) is 47.0 Å². The van der Waals surface area contributed by atoms with Crippen molar-refractivity contribution >= 4 is 11.7 Å². The highest BCUT2D eigenvalue weighted by Gasteiger charge is 2.44. The number of hydrogen-bond donors (Lipinski definition) is 1. The van der Waals surface area contributed by atoms with Crippen LogP contribution < -0.4 is 14.8 Å². The molecule has 0 bridgehead atoms. The molecule has 178 valence electrons. The molecule has 0 aliphatic heterocycles. The standard InChI is InChI=1S/C26H31NO4.C2H6/c1-16(2)25(29)27-14-26(12-13-26)15-31-24-21(9-8-17(3)23(24)30-4)18-6-5-7-20-19(18)10-11-22(20)28;1-2/h5-9,16H,10-15H2,1-4H3,(H,27,29);1-2H3. The molecule has 5 nitrogen and oxygen atoms in total. The zero-order chi connectivity index (χ0) is 24.2. The monoisotopic (exact) mass is 451 g/mol. The number of rotatable bonds is 8. The Morgan fingerprint density at radius 1 is 1.03 bits per heavy atom. The predicted molar refractivity (Wildman–Crippen MR) is 132 cm³/mol. The number of nitrogens with one attached hydrogen (secondary N) is 1. The molecule has 2 aliphatic rings. The maximum atomic E-state index is 12.3. The number of amides is 1. The van der Waals surface area contributed by atoms with Gasteiger partial charge in [-0.2, -0.15) is 0 Å². The smallest absolute Gasteiger partial charge is 0.222 e. The van der Waals surface area contributed by atoms with Crippen molar-refractivity contribution in [1.82, 2.24) is 5.32 Å². The minimum absolute atomic E-state index is 0.0226. The topological polar surface area (TPSA) is 64.6 Å². The molecule has 5 heteroatoms. The molecule has 1 fully saturated rings. The number of benzene rings is 2. The van der Waals surface area contributed by atoms with Crippen LogP contribution in [0.5, 0.6) is 11.5 Å². The third kappa shape index (κ3) is 5.23. The van der Waals surface area contributed by atoms with Gasteiger partial charge in [-0.25, -0.2) is 0 Å². The molecule has 1 amide bonds. The van der Waals surface area contributed by atoms with E-state index in [9.17, 15) is 9.59 Å². The summed E-state index contributed by atoms with van der Waals surface area (Å²) in [6, 6.07) is 10.0. The second kappa shape index (κ2) is 10.4. The molecule has 1 saturated carbocycles. The third-order valence-corrected chi connectivity index (χ3v) is 6.52. The van der Waals surface area contributed by atoms with Crippen molar-refractivity contribution in [1.29, 1.82) is 0 Å². The summed E-state index contributed by atoms with van der Waals surface area (Å²) in [6.45, 7) is 11.0. The molecule has 1 N–H and O–H groups in total. The van der Waals surface area contributed by atoms with Gasteiger partial charge in [0.15, 0.2) is 17.3 Å². The molecule has 0 heterocycles. The van der Waals surface area contributed by atoms with Crippen molar-refractivity contribution in [2.75, 3.05) is 20.3 Å². The van der Waals surface area contributed by atoms with Gasteiger partial charge in [-0.15, -0.1) is 0 Å². The van der Waals surface area contributed by atoms with E-state index < -0.39 is 0 Å². The van der Waals surface area contributed by atoms with Gasteiger partial charge in [0.1, 0.15) is 0 Å². The summed E-state index contributed by atoms with van der Waals surface area (Å²) in [6.07, 6.45) is 3.38. The van der Waals surface area contributed by atoms with Gasteiger partial charge in [-0.1, -0.05) is 58.0 Å². The van der Waals surface area contributed by atoms with E-state index in [1.807, 2.05) is 52.8 Å². The van der Waals surface area contributed by atoms with E-state index >= 15 is 0 Å². The van der Waals surface area contributed by atoms with E-state index in [0.29, 0.717) is 19.6 Å². The molecular formula is C28H37NO4. The number of methoxy groups -OCH3 is 1. The van der Waals surface area contributed by atoms with Gasteiger partial charge in [0.2, 0.25) is 5.91 Å². The van der Waals surface area contributed by atoms with Crippen molar-refractivity contribution in [3.63, 3.8) is 0 Å². The van der Waals surface area contributed by atoms with Crippen LogP contribution >= 0.6 is 0 Å². The fourth-order valence-corrected chi connectivity index (χ4v) is 4.27. The van der Waals surface area contributed by atoms with Crippen LogP contribution in [0.3, 0.4) is 0 Å². The fraction of sp³-hybridized carbons (Fsp3) is 0.500. The van der Waals surface area contributed by atoms with Crippen molar-refractivity contribution in [3.8, 4) is 22.6 Å². The molecule has 0 radical (unpaired) electrons. The van der Waals surface area contributed by atoms with Crippen LogP contribution in [0.4, 0.5) is 0 Å². The maximum Gasteiger partial charge on any atom is 0.222 e. The van der Waals surface area contributed by atoms with Gasteiger partial charge < -0.3 is 14.8 Å². The van der Waals surface area contributed by atoms with E-state index in [1.54, 1.807) is 7.11 Å². The van der Waals surface area contributed by atoms with Crippen LogP contribution in [-0.4, -0.2) is 32.0 Å². The van der Waals surface area contributed by atoms with Gasteiger partial charge >= 0.3 is 0 Å². The van der Waals surface area contributed by atoms with E-state index in [-0.39, 0.29) is 23.0 Å². The maximum absolute atomic E-state index is 12.3. The molecule has 2 aromatic rings. The third-order valence-electron chi connectivity index (χ3n) is 6.52. The first-order chi connectivity index (χ1) is 15.8. The minimum atomic E-state index is -0.0249. The predicted octanol–water partition coefficient (Wildman–Crippen LogP) is 5.76. The summed E-state index contributed by atoms with van der Waals surface area (Å²) < 4.78 is 12.2. The Morgan fingerprint density at radius 3 is 2.36 bits per heavy atom. The quantitative estimate of drug-likeness (QED) is 0.554. The van der Waals surface area contributed by atoms with Gasteiger partial charge in [-0.3, -0.25) is 9.59 Å². The molecule has 0 saturated heterocycles. The number of carbonyl (C=O) groups is 2. The fourth-order valence-electron chi connectivity index (χ4n) is 4.27. The van der Waals surface area contributed by atoms with Gasteiger partial charge in [0, 0.05) is 35.4 Å². The summed E-state index contributed by atoms with van der Waals surface area (Å²) in [7, 11) is 1.66. The van der Waals surface area contributed by atoms with Crippen molar-refractivity contribution in [2.24, 2.45) is 11.3 Å². The van der Waals surface area contributed by atoms with Gasteiger partial charge in [0.05, 0.1) is 13.7 Å². The first-order valence-corrected chi connectivity index (χ1v) is 12.1. The minimum Gasteiger partial charge on any atom is -0.493 e. The Kier molecular flexibility index (Phi) is 7.83. The number of Topliss-reactive ketones (excluding diaryl/α,β-unsaturated/α-hetero) is 1. The van der Waals surface area contributed by atoms with E-state index in [4.69, 9.17) is 9.47 Å². The van der Waals surface area contributed by atoms with E-state index in [0.717, 1.165) is 58.6 Å². The molecule has 2 aromatic carbocycles. The number of fused-ring (bicyclic) bond motifs is 1. The number of ketones is 1. The summed E-state index contributed by atoms with van der Waals surface area (Å²) in [4.78, 5) is 24.3. The first kappa shape index (κ1) is 24.8. The molecular weight excluding hydrogens is 414 g/mol. The lowest BCUT2D eigenvalue weighted by Crippen LogP contribution is -2.35. The Labute approximate surface area is 197 Å². The molecule has 4 rings (SSSR count). The Morgan fingerprint density at radius 2 is 1.73 bits per heavy atom. The molecule has 0 unspecified atom stereocenters. The number of aryl methyl sites for hydroxylation is 1. The van der Waals surface area contributed by atoms with Crippen LogP contribution in [0.25, 0.3) is 11.1 Å². The largest absolute Gasteiger partial charge is 0.493 e. The van der Waals surface area contributed by atoms with E-state index in [2.05, 4.69) is 17.4 Å². The van der Waals surface area contributed by atoms with Crippen LogP contribution in [0, 0.1) is 18.3 Å². The van der Waals surface area contributed by atoms with Gasteiger partial charge in [0.25, 0.3) is 0 Å². The van der Waals surface area contributed by atoms with Crippen LogP contribution in [0.1, 0.15) is 68.4 Å². The Bertz CT molecular complexity index is 1020. The second-order valence-corrected chi connectivity index (χ2v) is 9.21. The summed E-state index contributed by atoms with van der Waals surface area (Å²) in [5, 5.41) is 3.06. The average Bonchev–Trinajstić information content (AvgIpc) is 3.51. The lowest BCUT2D eigenvalue weighted by atomic mass is 9.95. The lowest BCUT2D eigenvalue weighted by Gasteiger charge is -2.22. The van der Waals surface area contributed by atoms with Crippen molar-refractivity contribution in [2.45, 2.75) is 60.3 Å². The highest BCUT2D eigenvalue weighted by molar-refractivity contribution is 6.02. The first-order valence-electron chi connectivity index (χ1n) is 12.1. The van der Waals surface area contributed by atoms with Crippen LogP contribution in [0.15, 0.2) is 30.3 Å². The normalized spacial score (nSPS) is 15.4. The highest BCUT2D eigenvalue weighted by atomic mass is 16.5. The SMILES string of the molecule is CC.COc1c(C)ccc(-c2cccc3c2CCC3=O)c1OCC1(CNC(=O)C(C)C)CC1. The summed E-state index contributed by atoms with van der Waals surface area (Å²) in [5.41, 5.74) is 4.88. The highest BCUT2D eigenvalue weighted by Crippen LogP contribution is 2.48. The second-order valence-electron chi connectivity index (χ2n) is 9.21. The zero-order valence-electron chi connectivity index (χ0n) is 20.8. The molecule has 33 heavy (non-hydrogen) atoms.